The first kappa shape index (κ1) is 15.6. The molecule has 2 aromatic rings. The summed E-state index contributed by atoms with van der Waals surface area (Å²) in [5.41, 5.74) is 3.96. The third kappa shape index (κ3) is 4.63. The Morgan fingerprint density at radius 1 is 1.14 bits per heavy atom. The molecule has 0 aliphatic carbocycles. The number of aliphatic hydroxyl groups excluding tert-OH is 1. The topological polar surface area (TPSA) is 20.2 Å². The molecule has 0 amide bonds. The molecule has 0 aliphatic rings. The molecule has 0 aliphatic heterocycles. The van der Waals surface area contributed by atoms with Crippen molar-refractivity contribution in [3.63, 3.8) is 0 Å². The number of rotatable bonds is 3. The lowest BCUT2D eigenvalue weighted by Crippen LogP contribution is -1.88. The Balaban J connectivity index is 2.14. The highest BCUT2D eigenvalue weighted by molar-refractivity contribution is 7.98. The van der Waals surface area contributed by atoms with Crippen molar-refractivity contribution in [3.8, 4) is 11.8 Å². The van der Waals surface area contributed by atoms with E-state index in [1.54, 1.807) is 11.8 Å². The van der Waals surface area contributed by atoms with Gasteiger partial charge in [0.2, 0.25) is 0 Å². The molecular formula is C18H17FOS. The zero-order chi connectivity index (χ0) is 15.2. The SMILES string of the molecule is Cc1ccc(SCc2cc(F)cc(C#CCO)c2)c(C)c1. The molecule has 2 aromatic carbocycles. The van der Waals surface area contributed by atoms with Gasteiger partial charge in [0.25, 0.3) is 0 Å². The number of aliphatic hydroxyl groups is 1. The number of benzene rings is 2. The maximum atomic E-state index is 13.6. The first-order chi connectivity index (χ1) is 10.1. The second kappa shape index (κ2) is 7.31. The van der Waals surface area contributed by atoms with E-state index in [-0.39, 0.29) is 12.4 Å². The molecule has 0 radical (unpaired) electrons. The quantitative estimate of drug-likeness (QED) is 0.681. The lowest BCUT2D eigenvalue weighted by atomic mass is 10.1. The van der Waals surface area contributed by atoms with Crippen LogP contribution in [-0.2, 0) is 5.75 Å². The number of hydrogen-bond acceptors (Lipinski definition) is 2. The maximum absolute atomic E-state index is 13.6. The van der Waals surface area contributed by atoms with Crippen molar-refractivity contribution in [1.82, 2.24) is 0 Å². The molecule has 2 rings (SSSR count). The highest BCUT2D eigenvalue weighted by atomic mass is 32.2. The van der Waals surface area contributed by atoms with Crippen molar-refractivity contribution in [2.75, 3.05) is 6.61 Å². The fraction of sp³-hybridized carbons (Fsp3) is 0.222. The molecule has 0 heterocycles. The zero-order valence-corrected chi connectivity index (χ0v) is 12.9. The first-order valence-corrected chi connectivity index (χ1v) is 7.66. The molecule has 0 saturated heterocycles. The van der Waals surface area contributed by atoms with E-state index in [9.17, 15) is 4.39 Å². The summed E-state index contributed by atoms with van der Waals surface area (Å²) in [5, 5.41) is 8.70. The molecule has 0 saturated carbocycles. The summed E-state index contributed by atoms with van der Waals surface area (Å²) in [6.45, 7) is 3.93. The molecule has 0 bridgehead atoms. The third-order valence-electron chi connectivity index (χ3n) is 2.99. The number of hydrogen-bond donors (Lipinski definition) is 1. The Labute approximate surface area is 129 Å². The standard InChI is InChI=1S/C18H17FOS/c1-13-5-6-18(14(2)8-13)21-12-16-9-15(4-3-7-20)10-17(19)11-16/h5-6,8-11,20H,7,12H2,1-2H3. The van der Waals surface area contributed by atoms with Gasteiger partial charge in [-0.15, -0.1) is 11.8 Å². The smallest absolute Gasteiger partial charge is 0.124 e. The molecule has 0 aromatic heterocycles. The van der Waals surface area contributed by atoms with Crippen molar-refractivity contribution >= 4 is 11.8 Å². The number of aryl methyl sites for hydroxylation is 2. The number of halogens is 1. The van der Waals surface area contributed by atoms with E-state index < -0.39 is 0 Å². The Kier molecular flexibility index (Phi) is 5.44. The second-order valence-electron chi connectivity index (χ2n) is 4.87. The molecule has 0 atom stereocenters. The van der Waals surface area contributed by atoms with Crippen LogP contribution in [-0.4, -0.2) is 11.7 Å². The molecule has 0 unspecified atom stereocenters. The molecule has 108 valence electrons. The van der Waals surface area contributed by atoms with Gasteiger partial charge in [0.15, 0.2) is 0 Å². The van der Waals surface area contributed by atoms with Gasteiger partial charge in [-0.1, -0.05) is 29.5 Å². The van der Waals surface area contributed by atoms with E-state index in [4.69, 9.17) is 5.11 Å². The van der Waals surface area contributed by atoms with E-state index in [1.807, 2.05) is 6.07 Å². The predicted molar refractivity (Wildman–Crippen MR) is 85.8 cm³/mol. The lowest BCUT2D eigenvalue weighted by molar-refractivity contribution is 0.350. The monoisotopic (exact) mass is 300 g/mol. The highest BCUT2D eigenvalue weighted by Crippen LogP contribution is 2.27. The van der Waals surface area contributed by atoms with E-state index in [2.05, 4.69) is 43.9 Å². The summed E-state index contributed by atoms with van der Waals surface area (Å²) in [6, 6.07) is 11.1. The van der Waals surface area contributed by atoms with E-state index in [0.717, 1.165) is 5.56 Å². The van der Waals surface area contributed by atoms with Gasteiger partial charge in [-0.3, -0.25) is 0 Å². The van der Waals surface area contributed by atoms with E-state index >= 15 is 0 Å². The highest BCUT2D eigenvalue weighted by Gasteiger charge is 2.03. The average molecular weight is 300 g/mol. The molecule has 21 heavy (non-hydrogen) atoms. The normalized spacial score (nSPS) is 10.1. The van der Waals surface area contributed by atoms with Gasteiger partial charge in [-0.2, -0.15) is 0 Å². The van der Waals surface area contributed by atoms with Crippen LogP contribution in [0.4, 0.5) is 4.39 Å². The third-order valence-corrected chi connectivity index (χ3v) is 4.24. The Morgan fingerprint density at radius 3 is 2.67 bits per heavy atom. The van der Waals surface area contributed by atoms with Crippen molar-refractivity contribution in [2.24, 2.45) is 0 Å². The molecular weight excluding hydrogens is 283 g/mol. The van der Waals surface area contributed by atoms with Gasteiger partial charge >= 0.3 is 0 Å². The van der Waals surface area contributed by atoms with Gasteiger partial charge in [0, 0.05) is 16.2 Å². The van der Waals surface area contributed by atoms with Gasteiger partial charge in [0.05, 0.1) is 0 Å². The van der Waals surface area contributed by atoms with Gasteiger partial charge in [0.1, 0.15) is 12.4 Å². The predicted octanol–water partition coefficient (Wildman–Crippen LogP) is 4.08. The summed E-state index contributed by atoms with van der Waals surface area (Å²) in [4.78, 5) is 1.20. The van der Waals surface area contributed by atoms with Gasteiger partial charge < -0.3 is 5.11 Å². The molecule has 0 fully saturated rings. The minimum absolute atomic E-state index is 0.219. The average Bonchev–Trinajstić information content (AvgIpc) is 2.43. The summed E-state index contributed by atoms with van der Waals surface area (Å²) in [6.07, 6.45) is 0. The number of thioether (sulfide) groups is 1. The molecule has 1 nitrogen and oxygen atoms in total. The van der Waals surface area contributed by atoms with Crippen LogP contribution in [0, 0.1) is 31.5 Å². The van der Waals surface area contributed by atoms with Crippen LogP contribution in [0.15, 0.2) is 41.3 Å². The summed E-state index contributed by atoms with van der Waals surface area (Å²) in [7, 11) is 0. The molecule has 1 N–H and O–H groups in total. The van der Waals surface area contributed by atoms with Crippen LogP contribution in [0.25, 0.3) is 0 Å². The van der Waals surface area contributed by atoms with Crippen molar-refractivity contribution in [3.05, 3.63) is 64.5 Å². The maximum Gasteiger partial charge on any atom is 0.124 e. The minimum atomic E-state index is -0.295. The van der Waals surface area contributed by atoms with Gasteiger partial charge in [-0.25, -0.2) is 4.39 Å². The van der Waals surface area contributed by atoms with Crippen LogP contribution in [0.1, 0.15) is 22.3 Å². The van der Waals surface area contributed by atoms with Crippen LogP contribution >= 0.6 is 11.8 Å². The summed E-state index contributed by atoms with van der Waals surface area (Å²) < 4.78 is 13.6. The Hall–Kier alpha value is -1.76. The molecule has 0 spiro atoms. The largest absolute Gasteiger partial charge is 0.384 e. The van der Waals surface area contributed by atoms with E-state index in [0.29, 0.717) is 11.3 Å². The lowest BCUT2D eigenvalue weighted by Gasteiger charge is -2.07. The second-order valence-corrected chi connectivity index (χ2v) is 5.88. The van der Waals surface area contributed by atoms with E-state index in [1.165, 1.54) is 28.2 Å². The summed E-state index contributed by atoms with van der Waals surface area (Å²) in [5.74, 6) is 5.68. The van der Waals surface area contributed by atoms with Crippen molar-refractivity contribution in [2.45, 2.75) is 24.5 Å². The van der Waals surface area contributed by atoms with Crippen LogP contribution < -0.4 is 0 Å². The Morgan fingerprint density at radius 2 is 1.95 bits per heavy atom. The van der Waals surface area contributed by atoms with Crippen molar-refractivity contribution < 1.29 is 9.50 Å². The fourth-order valence-corrected chi connectivity index (χ4v) is 3.01. The molecule has 3 heteroatoms. The first-order valence-electron chi connectivity index (χ1n) is 6.68. The van der Waals surface area contributed by atoms with Gasteiger partial charge in [-0.05, 0) is 49.2 Å². The zero-order valence-electron chi connectivity index (χ0n) is 12.1. The van der Waals surface area contributed by atoms with Crippen LogP contribution in [0.2, 0.25) is 0 Å². The van der Waals surface area contributed by atoms with Crippen LogP contribution in [0.3, 0.4) is 0 Å². The minimum Gasteiger partial charge on any atom is -0.384 e. The Bertz CT molecular complexity index is 698. The summed E-state index contributed by atoms with van der Waals surface area (Å²) >= 11 is 1.69. The van der Waals surface area contributed by atoms with Crippen LogP contribution in [0.5, 0.6) is 0 Å². The van der Waals surface area contributed by atoms with Crippen molar-refractivity contribution in [1.29, 1.82) is 0 Å². The fourth-order valence-electron chi connectivity index (χ4n) is 2.07.